The summed E-state index contributed by atoms with van der Waals surface area (Å²) in [6.45, 7) is 7.23. The van der Waals surface area contributed by atoms with E-state index < -0.39 is 0 Å². The Morgan fingerprint density at radius 3 is 2.45 bits per heavy atom. The van der Waals surface area contributed by atoms with Crippen molar-refractivity contribution in [2.45, 2.75) is 27.3 Å². The van der Waals surface area contributed by atoms with Gasteiger partial charge in [-0.15, -0.1) is 0 Å². The quantitative estimate of drug-likeness (QED) is 0.741. The van der Waals surface area contributed by atoms with Crippen LogP contribution in [0.3, 0.4) is 0 Å². The van der Waals surface area contributed by atoms with Gasteiger partial charge in [-0.3, -0.25) is 0 Å². The third kappa shape index (κ3) is 2.79. The lowest BCUT2D eigenvalue weighted by molar-refractivity contribution is 0.718. The first-order chi connectivity index (χ1) is 9.56. The van der Waals surface area contributed by atoms with Gasteiger partial charge in [0.2, 0.25) is 0 Å². The highest BCUT2D eigenvalue weighted by Crippen LogP contribution is 2.23. The molecule has 102 valence electrons. The third-order valence-corrected chi connectivity index (χ3v) is 3.76. The van der Waals surface area contributed by atoms with E-state index in [-0.39, 0.29) is 0 Å². The molecule has 2 rings (SSSR count). The average molecular weight is 285 g/mol. The van der Waals surface area contributed by atoms with Gasteiger partial charge < -0.3 is 4.57 Å². The Labute approximate surface area is 124 Å². The number of benzene rings is 1. The number of nitriles is 1. The van der Waals surface area contributed by atoms with E-state index >= 15 is 0 Å². The maximum Gasteiger partial charge on any atom is 0.0998 e. The van der Waals surface area contributed by atoms with Gasteiger partial charge in [-0.05, 0) is 56.2 Å². The van der Waals surface area contributed by atoms with Crippen molar-refractivity contribution in [1.29, 1.82) is 5.26 Å². The molecule has 0 saturated heterocycles. The van der Waals surface area contributed by atoms with Crippen molar-refractivity contribution in [3.63, 3.8) is 0 Å². The summed E-state index contributed by atoms with van der Waals surface area (Å²) in [7, 11) is 0. The number of rotatable bonds is 3. The Hall–Kier alpha value is -1.98. The van der Waals surface area contributed by atoms with Gasteiger partial charge in [-0.2, -0.15) is 5.26 Å². The summed E-state index contributed by atoms with van der Waals surface area (Å²) in [5.74, 6) is 0. The van der Waals surface area contributed by atoms with Crippen LogP contribution >= 0.6 is 11.6 Å². The van der Waals surface area contributed by atoms with Crippen LogP contribution in [-0.2, 0) is 6.54 Å². The minimum absolute atomic E-state index is 0.651. The summed E-state index contributed by atoms with van der Waals surface area (Å²) in [6.07, 6.45) is 1.94. The fourth-order valence-corrected chi connectivity index (χ4v) is 2.55. The van der Waals surface area contributed by atoms with Crippen molar-refractivity contribution in [3.05, 3.63) is 57.9 Å². The fraction of sp³-hybridized carbons (Fsp3) is 0.235. The molecule has 1 aromatic heterocycles. The molecule has 0 amide bonds. The lowest BCUT2D eigenvalue weighted by atomic mass is 10.0. The number of nitrogens with zero attached hydrogens (tertiary/aromatic N) is 2. The summed E-state index contributed by atoms with van der Waals surface area (Å²) in [5.41, 5.74) is 5.03. The van der Waals surface area contributed by atoms with E-state index in [0.717, 1.165) is 17.7 Å². The Morgan fingerprint density at radius 1 is 1.30 bits per heavy atom. The van der Waals surface area contributed by atoms with Crippen LogP contribution in [0.25, 0.3) is 11.6 Å². The zero-order valence-corrected chi connectivity index (χ0v) is 12.7. The predicted octanol–water partition coefficient (Wildman–Crippen LogP) is 4.84. The number of aryl methyl sites for hydroxylation is 1. The molecule has 0 aliphatic rings. The standard InChI is InChI=1S/C17H17ClN2/c1-4-20-12(2)9-15(13(20)3)10-16(11-19)14-5-7-17(18)8-6-14/h5-10H,4H2,1-3H3/b16-10+. The normalized spacial score (nSPS) is 11.4. The van der Waals surface area contributed by atoms with E-state index in [1.807, 2.05) is 18.2 Å². The highest BCUT2D eigenvalue weighted by atomic mass is 35.5. The molecule has 2 nitrogen and oxygen atoms in total. The number of halogens is 1. The first-order valence-electron chi connectivity index (χ1n) is 6.61. The van der Waals surface area contributed by atoms with Gasteiger partial charge >= 0.3 is 0 Å². The van der Waals surface area contributed by atoms with Gasteiger partial charge in [0.1, 0.15) is 0 Å². The molecule has 2 aromatic rings. The maximum absolute atomic E-state index is 9.38. The van der Waals surface area contributed by atoms with E-state index in [2.05, 4.69) is 37.5 Å². The van der Waals surface area contributed by atoms with E-state index in [4.69, 9.17) is 11.6 Å². The van der Waals surface area contributed by atoms with Gasteiger partial charge in [-0.1, -0.05) is 23.7 Å². The molecular formula is C17H17ClN2. The number of hydrogen-bond donors (Lipinski definition) is 0. The molecule has 0 bridgehead atoms. The molecule has 0 aliphatic heterocycles. The van der Waals surface area contributed by atoms with E-state index in [0.29, 0.717) is 10.6 Å². The molecule has 0 atom stereocenters. The molecule has 1 aromatic carbocycles. The molecule has 0 radical (unpaired) electrons. The van der Waals surface area contributed by atoms with Gasteiger partial charge in [0, 0.05) is 23.0 Å². The summed E-state index contributed by atoms with van der Waals surface area (Å²) in [6, 6.07) is 11.7. The summed E-state index contributed by atoms with van der Waals surface area (Å²) in [5, 5.41) is 10.1. The molecule has 0 spiro atoms. The molecule has 0 fully saturated rings. The van der Waals surface area contributed by atoms with Gasteiger partial charge in [-0.25, -0.2) is 0 Å². The van der Waals surface area contributed by atoms with E-state index in [1.54, 1.807) is 12.1 Å². The molecule has 20 heavy (non-hydrogen) atoms. The molecule has 1 heterocycles. The average Bonchev–Trinajstić information content (AvgIpc) is 2.71. The lowest BCUT2D eigenvalue weighted by Crippen LogP contribution is -1.98. The Kier molecular flexibility index (Phi) is 4.32. The predicted molar refractivity (Wildman–Crippen MR) is 84.5 cm³/mol. The largest absolute Gasteiger partial charge is 0.349 e. The Morgan fingerprint density at radius 2 is 1.95 bits per heavy atom. The highest BCUT2D eigenvalue weighted by molar-refractivity contribution is 6.30. The zero-order chi connectivity index (χ0) is 14.7. The fourth-order valence-electron chi connectivity index (χ4n) is 2.43. The van der Waals surface area contributed by atoms with Crippen LogP contribution in [0.4, 0.5) is 0 Å². The topological polar surface area (TPSA) is 28.7 Å². The van der Waals surface area contributed by atoms with Crippen molar-refractivity contribution in [1.82, 2.24) is 4.57 Å². The molecule has 0 unspecified atom stereocenters. The lowest BCUT2D eigenvalue weighted by Gasteiger charge is -2.05. The zero-order valence-electron chi connectivity index (χ0n) is 11.9. The molecule has 0 saturated carbocycles. The van der Waals surface area contributed by atoms with E-state index in [9.17, 15) is 5.26 Å². The second-order valence-electron chi connectivity index (χ2n) is 4.75. The van der Waals surface area contributed by atoms with Crippen LogP contribution in [-0.4, -0.2) is 4.57 Å². The number of hydrogen-bond acceptors (Lipinski definition) is 1. The second kappa shape index (κ2) is 5.98. The number of allylic oxidation sites excluding steroid dienone is 1. The van der Waals surface area contributed by atoms with Crippen molar-refractivity contribution in [2.75, 3.05) is 0 Å². The first-order valence-corrected chi connectivity index (χ1v) is 6.99. The molecule has 0 aliphatic carbocycles. The third-order valence-electron chi connectivity index (χ3n) is 3.50. The first kappa shape index (κ1) is 14.4. The highest BCUT2D eigenvalue weighted by Gasteiger charge is 2.08. The minimum atomic E-state index is 0.651. The monoisotopic (exact) mass is 284 g/mol. The van der Waals surface area contributed by atoms with Crippen molar-refractivity contribution in [3.8, 4) is 6.07 Å². The summed E-state index contributed by atoms with van der Waals surface area (Å²) < 4.78 is 2.24. The Balaban J connectivity index is 2.47. The maximum atomic E-state index is 9.38. The van der Waals surface area contributed by atoms with Crippen LogP contribution < -0.4 is 0 Å². The minimum Gasteiger partial charge on any atom is -0.349 e. The van der Waals surface area contributed by atoms with Gasteiger partial charge in [0.15, 0.2) is 0 Å². The molecular weight excluding hydrogens is 268 g/mol. The molecule has 3 heteroatoms. The van der Waals surface area contributed by atoms with Crippen LogP contribution in [0.1, 0.15) is 29.4 Å². The smallest absolute Gasteiger partial charge is 0.0998 e. The van der Waals surface area contributed by atoms with Gasteiger partial charge in [0.05, 0.1) is 11.6 Å². The molecule has 0 N–H and O–H groups in total. The van der Waals surface area contributed by atoms with Crippen LogP contribution in [0.15, 0.2) is 30.3 Å². The Bertz CT molecular complexity index is 685. The SMILES string of the molecule is CCn1c(C)cc(/C=C(\C#N)c2ccc(Cl)cc2)c1C. The van der Waals surface area contributed by atoms with Crippen molar-refractivity contribution in [2.24, 2.45) is 0 Å². The van der Waals surface area contributed by atoms with Crippen LogP contribution in [0, 0.1) is 25.2 Å². The summed E-state index contributed by atoms with van der Waals surface area (Å²) >= 11 is 5.88. The van der Waals surface area contributed by atoms with Gasteiger partial charge in [0.25, 0.3) is 0 Å². The number of aromatic nitrogens is 1. The van der Waals surface area contributed by atoms with Crippen molar-refractivity contribution < 1.29 is 0 Å². The van der Waals surface area contributed by atoms with Crippen LogP contribution in [0.5, 0.6) is 0 Å². The van der Waals surface area contributed by atoms with E-state index in [1.165, 1.54) is 11.4 Å². The second-order valence-corrected chi connectivity index (χ2v) is 5.18. The van der Waals surface area contributed by atoms with Crippen molar-refractivity contribution >= 4 is 23.3 Å². The summed E-state index contributed by atoms with van der Waals surface area (Å²) in [4.78, 5) is 0. The van der Waals surface area contributed by atoms with Crippen LogP contribution in [0.2, 0.25) is 5.02 Å².